The molecule has 2 rings (SSSR count). The molecule has 0 spiro atoms. The number of hydrogen-bond donors (Lipinski definition) is 0. The van der Waals surface area contributed by atoms with Gasteiger partial charge in [-0.2, -0.15) is 13.2 Å². The third-order valence-corrected chi connectivity index (χ3v) is 3.33. The van der Waals surface area contributed by atoms with Crippen molar-refractivity contribution in [1.29, 1.82) is 0 Å². The average molecular weight is 206 g/mol. The molecule has 1 saturated heterocycles. The Hall–Kier alpha value is -0.510. The van der Waals surface area contributed by atoms with E-state index in [-0.39, 0.29) is 25.6 Å². The van der Waals surface area contributed by atoms with Crippen molar-refractivity contribution >= 4 is 0 Å². The Balaban J connectivity index is 2.34. The molecular formula is C10H13F3O. The second-order valence-corrected chi connectivity index (χ2v) is 4.04. The zero-order valence-electron chi connectivity index (χ0n) is 7.81. The predicted octanol–water partition coefficient (Wildman–Crippen LogP) is 2.92. The molecule has 1 heterocycles. The average Bonchev–Trinajstić information content (AvgIpc) is 2.16. The Morgan fingerprint density at radius 3 is 2.79 bits per heavy atom. The van der Waals surface area contributed by atoms with E-state index in [9.17, 15) is 13.2 Å². The maximum Gasteiger partial charge on any atom is 0.398 e. The standard InChI is InChI=1S/C10H13F3O/c11-10(12,13)9-4-2-1-3-8(9)7-14-6-5-9/h2,4,8H,1,3,5-7H2/t8-,9-/m1/s1. The van der Waals surface area contributed by atoms with Crippen LogP contribution in [0.4, 0.5) is 13.2 Å². The largest absolute Gasteiger partial charge is 0.398 e. The summed E-state index contributed by atoms with van der Waals surface area (Å²) in [7, 11) is 0. The van der Waals surface area contributed by atoms with Crippen LogP contribution in [0.25, 0.3) is 0 Å². The molecule has 1 aliphatic carbocycles. The Labute approximate surface area is 80.9 Å². The van der Waals surface area contributed by atoms with Crippen LogP contribution in [-0.4, -0.2) is 19.4 Å². The first-order chi connectivity index (χ1) is 6.56. The van der Waals surface area contributed by atoms with Crippen LogP contribution in [0.1, 0.15) is 19.3 Å². The lowest BCUT2D eigenvalue weighted by Gasteiger charge is -2.44. The van der Waals surface area contributed by atoms with Crippen molar-refractivity contribution in [3.63, 3.8) is 0 Å². The van der Waals surface area contributed by atoms with Crippen LogP contribution in [-0.2, 0) is 4.74 Å². The molecule has 14 heavy (non-hydrogen) atoms. The van der Waals surface area contributed by atoms with E-state index in [0.29, 0.717) is 6.42 Å². The number of halogens is 3. The molecule has 0 saturated carbocycles. The lowest BCUT2D eigenvalue weighted by molar-refractivity contribution is -0.249. The molecule has 0 unspecified atom stereocenters. The monoisotopic (exact) mass is 206 g/mol. The van der Waals surface area contributed by atoms with Crippen molar-refractivity contribution in [3.8, 4) is 0 Å². The van der Waals surface area contributed by atoms with Gasteiger partial charge < -0.3 is 4.74 Å². The van der Waals surface area contributed by atoms with E-state index >= 15 is 0 Å². The molecule has 0 N–H and O–H groups in total. The molecule has 1 aliphatic heterocycles. The van der Waals surface area contributed by atoms with Gasteiger partial charge in [0.05, 0.1) is 12.0 Å². The first-order valence-corrected chi connectivity index (χ1v) is 4.88. The minimum absolute atomic E-state index is 0.0810. The van der Waals surface area contributed by atoms with Crippen molar-refractivity contribution in [2.45, 2.75) is 25.4 Å². The number of hydrogen-bond acceptors (Lipinski definition) is 1. The van der Waals surface area contributed by atoms with Crippen LogP contribution < -0.4 is 0 Å². The summed E-state index contributed by atoms with van der Waals surface area (Å²) in [5.41, 5.74) is -1.59. The van der Waals surface area contributed by atoms with Gasteiger partial charge in [0, 0.05) is 12.5 Å². The lowest BCUT2D eigenvalue weighted by atomic mass is 9.67. The highest BCUT2D eigenvalue weighted by Crippen LogP contribution is 2.53. The molecule has 1 fully saturated rings. The Morgan fingerprint density at radius 2 is 2.14 bits per heavy atom. The molecule has 0 amide bonds. The maximum atomic E-state index is 13.0. The number of alkyl halides is 3. The molecule has 2 atom stereocenters. The van der Waals surface area contributed by atoms with Gasteiger partial charge in [-0.15, -0.1) is 0 Å². The Kier molecular flexibility index (Phi) is 2.33. The second kappa shape index (κ2) is 3.26. The SMILES string of the molecule is FC(F)(F)[C@@]12C=CCC[C@@H]1COCC2. The van der Waals surface area contributed by atoms with E-state index in [2.05, 4.69) is 0 Å². The fourth-order valence-electron chi connectivity index (χ4n) is 2.44. The summed E-state index contributed by atoms with van der Waals surface area (Å²) in [5, 5.41) is 0. The molecule has 0 bridgehead atoms. The van der Waals surface area contributed by atoms with Gasteiger partial charge in [0.2, 0.25) is 0 Å². The van der Waals surface area contributed by atoms with Crippen LogP contribution >= 0.6 is 0 Å². The summed E-state index contributed by atoms with van der Waals surface area (Å²) in [6, 6.07) is 0. The first-order valence-electron chi connectivity index (χ1n) is 4.88. The molecule has 1 nitrogen and oxygen atoms in total. The predicted molar refractivity (Wildman–Crippen MR) is 45.8 cm³/mol. The van der Waals surface area contributed by atoms with E-state index in [1.165, 1.54) is 6.08 Å². The molecule has 0 aromatic heterocycles. The summed E-state index contributed by atoms with van der Waals surface area (Å²) < 4.78 is 44.0. The Bertz CT molecular complexity index is 246. The summed E-state index contributed by atoms with van der Waals surface area (Å²) in [5.74, 6) is -0.374. The summed E-state index contributed by atoms with van der Waals surface area (Å²) in [6.45, 7) is 0.476. The van der Waals surface area contributed by atoms with Gasteiger partial charge in [-0.1, -0.05) is 12.2 Å². The van der Waals surface area contributed by atoms with Gasteiger partial charge in [0.15, 0.2) is 0 Å². The van der Waals surface area contributed by atoms with E-state index < -0.39 is 11.6 Å². The van der Waals surface area contributed by atoms with Crippen molar-refractivity contribution in [1.82, 2.24) is 0 Å². The first kappa shape index (κ1) is 10.0. The van der Waals surface area contributed by atoms with E-state index in [1.54, 1.807) is 6.08 Å². The van der Waals surface area contributed by atoms with Gasteiger partial charge in [-0.25, -0.2) is 0 Å². The summed E-state index contributed by atoms with van der Waals surface area (Å²) in [6.07, 6.45) is 0.316. The van der Waals surface area contributed by atoms with Crippen molar-refractivity contribution in [2.75, 3.05) is 13.2 Å². The van der Waals surface area contributed by atoms with Crippen LogP contribution in [0.2, 0.25) is 0 Å². The number of rotatable bonds is 0. The maximum absolute atomic E-state index is 13.0. The van der Waals surface area contributed by atoms with Gasteiger partial charge >= 0.3 is 6.18 Å². The van der Waals surface area contributed by atoms with Crippen molar-refractivity contribution in [2.24, 2.45) is 11.3 Å². The normalized spacial score (nSPS) is 38.1. The van der Waals surface area contributed by atoms with Gasteiger partial charge in [0.1, 0.15) is 0 Å². The molecule has 80 valence electrons. The third kappa shape index (κ3) is 1.36. The van der Waals surface area contributed by atoms with Gasteiger partial charge in [-0.05, 0) is 19.3 Å². The molecular weight excluding hydrogens is 193 g/mol. The topological polar surface area (TPSA) is 9.23 Å². The molecule has 2 aliphatic rings. The van der Waals surface area contributed by atoms with E-state index in [1.807, 2.05) is 0 Å². The van der Waals surface area contributed by atoms with Crippen molar-refractivity contribution < 1.29 is 17.9 Å². The third-order valence-electron chi connectivity index (χ3n) is 3.33. The molecule has 4 heteroatoms. The van der Waals surface area contributed by atoms with Crippen LogP contribution in [0.3, 0.4) is 0 Å². The van der Waals surface area contributed by atoms with E-state index in [0.717, 1.165) is 6.42 Å². The molecule has 0 aromatic rings. The summed E-state index contributed by atoms with van der Waals surface area (Å²) >= 11 is 0. The number of fused-ring (bicyclic) bond motifs is 1. The summed E-state index contributed by atoms with van der Waals surface area (Å²) in [4.78, 5) is 0. The fourth-order valence-corrected chi connectivity index (χ4v) is 2.44. The smallest absolute Gasteiger partial charge is 0.381 e. The van der Waals surface area contributed by atoms with Crippen molar-refractivity contribution in [3.05, 3.63) is 12.2 Å². The highest BCUT2D eigenvalue weighted by molar-refractivity contribution is 5.12. The zero-order valence-corrected chi connectivity index (χ0v) is 7.81. The van der Waals surface area contributed by atoms with Gasteiger partial charge in [0.25, 0.3) is 0 Å². The van der Waals surface area contributed by atoms with Crippen LogP contribution in [0.15, 0.2) is 12.2 Å². The number of ether oxygens (including phenoxy) is 1. The quantitative estimate of drug-likeness (QED) is 0.554. The minimum Gasteiger partial charge on any atom is -0.381 e. The fraction of sp³-hybridized carbons (Fsp3) is 0.800. The van der Waals surface area contributed by atoms with Crippen LogP contribution in [0, 0.1) is 11.3 Å². The highest BCUT2D eigenvalue weighted by atomic mass is 19.4. The minimum atomic E-state index is -4.13. The van der Waals surface area contributed by atoms with Gasteiger partial charge in [-0.3, -0.25) is 0 Å². The highest BCUT2D eigenvalue weighted by Gasteiger charge is 2.58. The zero-order chi connectivity index (χ0) is 10.2. The lowest BCUT2D eigenvalue weighted by Crippen LogP contribution is -2.49. The number of allylic oxidation sites excluding steroid dienone is 2. The van der Waals surface area contributed by atoms with Crippen LogP contribution in [0.5, 0.6) is 0 Å². The molecule has 0 aromatic carbocycles. The second-order valence-electron chi connectivity index (χ2n) is 4.04. The Morgan fingerprint density at radius 1 is 1.36 bits per heavy atom. The van der Waals surface area contributed by atoms with E-state index in [4.69, 9.17) is 4.74 Å². The molecule has 0 radical (unpaired) electrons.